The van der Waals surface area contributed by atoms with Crippen molar-refractivity contribution in [1.29, 1.82) is 0 Å². The normalized spacial score (nSPS) is 16.7. The number of aryl methyl sites for hydroxylation is 1. The minimum Gasteiger partial charge on any atom is -0.313 e. The summed E-state index contributed by atoms with van der Waals surface area (Å²) in [6.07, 6.45) is 3.56. The summed E-state index contributed by atoms with van der Waals surface area (Å²) in [6, 6.07) is 20.7. The Labute approximate surface area is 199 Å². The fourth-order valence-electron chi connectivity index (χ4n) is 4.91. The number of pyridine rings is 1. The van der Waals surface area contributed by atoms with Gasteiger partial charge in [-0.2, -0.15) is 0 Å². The molecule has 0 amide bonds. The van der Waals surface area contributed by atoms with Crippen LogP contribution in [0.25, 0.3) is 27.7 Å². The van der Waals surface area contributed by atoms with Gasteiger partial charge in [0.25, 0.3) is 5.56 Å². The quantitative estimate of drug-likeness (QED) is 0.380. The third kappa shape index (κ3) is 2.77. The van der Waals surface area contributed by atoms with Gasteiger partial charge in [-0.05, 0) is 47.0 Å². The topological polar surface area (TPSA) is 65.8 Å². The first-order valence-electron chi connectivity index (χ1n) is 10.4. The van der Waals surface area contributed by atoms with E-state index in [9.17, 15) is 4.79 Å². The molecule has 2 N–H and O–H groups in total. The number of hydrogen-bond acceptors (Lipinski definition) is 3. The molecule has 0 unspecified atom stereocenters. The number of hydrogen-bond donors (Lipinski definition) is 1. The Balaban J connectivity index is 1.78. The van der Waals surface area contributed by atoms with Crippen LogP contribution < -0.4 is 11.3 Å². The average molecular weight is 473 g/mol. The molecule has 0 fully saturated rings. The number of imidazole rings is 1. The highest BCUT2D eigenvalue weighted by molar-refractivity contribution is 6.31. The summed E-state index contributed by atoms with van der Waals surface area (Å²) >= 11 is 12.5. The molecule has 3 heterocycles. The maximum atomic E-state index is 12.9. The number of nitrogens with two attached hydrogens (primary N) is 1. The molecule has 1 aliphatic rings. The van der Waals surface area contributed by atoms with Gasteiger partial charge < -0.3 is 10.3 Å². The Morgan fingerprint density at radius 3 is 2.52 bits per heavy atom. The van der Waals surface area contributed by atoms with E-state index < -0.39 is 5.54 Å². The Kier molecular flexibility index (Phi) is 4.33. The van der Waals surface area contributed by atoms with Crippen molar-refractivity contribution in [3.05, 3.63) is 116 Å². The molecule has 7 heteroatoms. The summed E-state index contributed by atoms with van der Waals surface area (Å²) in [4.78, 5) is 17.3. The molecule has 0 bridgehead atoms. The Bertz CT molecular complexity index is 1640. The second-order valence-electron chi connectivity index (χ2n) is 8.29. The number of aromatic nitrogens is 3. The second kappa shape index (κ2) is 7.06. The Morgan fingerprint density at radius 2 is 1.76 bits per heavy atom. The summed E-state index contributed by atoms with van der Waals surface area (Å²) in [7, 11) is 1.78. The van der Waals surface area contributed by atoms with Gasteiger partial charge in [-0.3, -0.25) is 9.36 Å². The lowest BCUT2D eigenvalue weighted by Gasteiger charge is -2.26. The van der Waals surface area contributed by atoms with Gasteiger partial charge in [-0.15, -0.1) is 0 Å². The Hall–Kier alpha value is -3.38. The number of nitrogens with zero attached hydrogens (tertiary/aromatic N) is 3. The van der Waals surface area contributed by atoms with Gasteiger partial charge in [0.1, 0.15) is 5.54 Å². The Morgan fingerprint density at radius 1 is 0.970 bits per heavy atom. The van der Waals surface area contributed by atoms with Crippen molar-refractivity contribution in [3.63, 3.8) is 0 Å². The lowest BCUT2D eigenvalue weighted by Crippen LogP contribution is -2.37. The van der Waals surface area contributed by atoms with E-state index in [2.05, 4.69) is 4.98 Å². The molecule has 0 saturated heterocycles. The van der Waals surface area contributed by atoms with Crippen molar-refractivity contribution in [2.75, 3.05) is 0 Å². The summed E-state index contributed by atoms with van der Waals surface area (Å²) < 4.78 is 3.67. The first kappa shape index (κ1) is 20.2. The van der Waals surface area contributed by atoms with Gasteiger partial charge in [-0.25, -0.2) is 4.98 Å². The zero-order valence-corrected chi connectivity index (χ0v) is 19.1. The smallest absolute Gasteiger partial charge is 0.251 e. The molecule has 0 saturated carbocycles. The van der Waals surface area contributed by atoms with E-state index in [1.165, 1.54) is 0 Å². The first-order chi connectivity index (χ1) is 15.9. The highest BCUT2D eigenvalue weighted by Crippen LogP contribution is 2.48. The monoisotopic (exact) mass is 472 g/mol. The van der Waals surface area contributed by atoms with Crippen molar-refractivity contribution in [2.24, 2.45) is 12.8 Å². The van der Waals surface area contributed by atoms with Gasteiger partial charge in [0.2, 0.25) is 0 Å². The van der Waals surface area contributed by atoms with E-state index in [1.807, 2.05) is 65.2 Å². The van der Waals surface area contributed by atoms with Gasteiger partial charge in [-0.1, -0.05) is 53.5 Å². The molecule has 0 aliphatic carbocycles. The zero-order valence-electron chi connectivity index (χ0n) is 17.6. The molecule has 5 aromatic rings. The molecular formula is C26H18Cl2N4O. The summed E-state index contributed by atoms with van der Waals surface area (Å²) in [5.41, 5.74) is 12.2. The third-order valence-electron chi connectivity index (χ3n) is 6.53. The van der Waals surface area contributed by atoms with Crippen molar-refractivity contribution in [2.45, 2.75) is 5.54 Å². The van der Waals surface area contributed by atoms with Gasteiger partial charge in [0, 0.05) is 34.1 Å². The van der Waals surface area contributed by atoms with Crippen LogP contribution in [-0.2, 0) is 12.6 Å². The molecule has 162 valence electrons. The largest absolute Gasteiger partial charge is 0.313 e. The second-order valence-corrected chi connectivity index (χ2v) is 9.16. The summed E-state index contributed by atoms with van der Waals surface area (Å²) in [5, 5.41) is 2.16. The van der Waals surface area contributed by atoms with Crippen molar-refractivity contribution < 1.29 is 0 Å². The van der Waals surface area contributed by atoms with E-state index in [0.29, 0.717) is 10.0 Å². The van der Waals surface area contributed by atoms with Crippen molar-refractivity contribution >= 4 is 34.1 Å². The first-order valence-corrected chi connectivity index (χ1v) is 11.2. The molecular weight excluding hydrogens is 455 g/mol. The molecule has 1 aliphatic heterocycles. The lowest BCUT2D eigenvalue weighted by molar-refractivity contribution is 0.654. The molecule has 5 nitrogen and oxygen atoms in total. The molecule has 2 aromatic heterocycles. The van der Waals surface area contributed by atoms with E-state index in [-0.39, 0.29) is 5.56 Å². The van der Waals surface area contributed by atoms with Crippen LogP contribution >= 0.6 is 23.2 Å². The van der Waals surface area contributed by atoms with Gasteiger partial charge >= 0.3 is 0 Å². The van der Waals surface area contributed by atoms with E-state index in [4.69, 9.17) is 28.9 Å². The minimum absolute atomic E-state index is 0.0991. The molecule has 0 spiro atoms. The van der Waals surface area contributed by atoms with Crippen molar-refractivity contribution in [3.8, 4) is 16.8 Å². The van der Waals surface area contributed by atoms with Crippen LogP contribution in [0, 0.1) is 0 Å². The number of halogens is 2. The van der Waals surface area contributed by atoms with Crippen molar-refractivity contribution in [1.82, 2.24) is 14.1 Å². The number of rotatable bonds is 2. The van der Waals surface area contributed by atoms with Crippen LogP contribution in [0.2, 0.25) is 10.0 Å². The standard InChI is InChI=1S/C26H18Cl2N4O/c1-31-21-10-9-20-25(24(21)19(12-23(31)33)15-3-2-4-18(28)11-15)32-14-30-13-22(32)26(20,29)16-5-7-17(27)8-6-16/h2-14H,29H2,1H3/t26-/m1/s1. The lowest BCUT2D eigenvalue weighted by atomic mass is 9.82. The molecule has 6 rings (SSSR count). The fraction of sp³-hybridized carbons (Fsp3) is 0.0769. The highest BCUT2D eigenvalue weighted by Gasteiger charge is 2.43. The minimum atomic E-state index is -0.926. The maximum Gasteiger partial charge on any atom is 0.251 e. The number of fused-ring (bicyclic) bond motifs is 5. The zero-order chi connectivity index (χ0) is 22.9. The third-order valence-corrected chi connectivity index (χ3v) is 7.02. The average Bonchev–Trinajstić information content (AvgIpc) is 3.38. The maximum absolute atomic E-state index is 12.9. The molecule has 33 heavy (non-hydrogen) atoms. The molecule has 1 atom stereocenters. The van der Waals surface area contributed by atoms with Crippen LogP contribution in [0.1, 0.15) is 16.8 Å². The highest BCUT2D eigenvalue weighted by atomic mass is 35.5. The fourth-order valence-corrected chi connectivity index (χ4v) is 5.22. The van der Waals surface area contributed by atoms with Crippen LogP contribution in [0.15, 0.2) is 84.0 Å². The predicted molar refractivity (Wildman–Crippen MR) is 132 cm³/mol. The van der Waals surface area contributed by atoms with E-state index >= 15 is 0 Å². The van der Waals surface area contributed by atoms with Crippen LogP contribution in [-0.4, -0.2) is 14.1 Å². The molecule has 0 radical (unpaired) electrons. The summed E-state index contributed by atoms with van der Waals surface area (Å²) in [5.74, 6) is 0. The van der Waals surface area contributed by atoms with Gasteiger partial charge in [0.15, 0.2) is 0 Å². The molecule has 3 aromatic carbocycles. The van der Waals surface area contributed by atoms with Crippen LogP contribution in [0.5, 0.6) is 0 Å². The number of benzene rings is 3. The van der Waals surface area contributed by atoms with E-state index in [0.717, 1.165) is 44.5 Å². The summed E-state index contributed by atoms with van der Waals surface area (Å²) in [6.45, 7) is 0. The van der Waals surface area contributed by atoms with Crippen LogP contribution in [0.4, 0.5) is 0 Å². The van der Waals surface area contributed by atoms with E-state index in [1.54, 1.807) is 30.2 Å². The van der Waals surface area contributed by atoms with Crippen LogP contribution in [0.3, 0.4) is 0 Å². The SMILES string of the molecule is Cn1c(=O)cc(-c2cccc(Cl)c2)c2c3c(ccc21)[C@](N)(c1ccc(Cl)cc1)c1cncn1-3. The predicted octanol–water partition coefficient (Wildman–Crippen LogP) is 5.26. The van der Waals surface area contributed by atoms with Gasteiger partial charge in [0.05, 0.1) is 29.4 Å².